The molecule has 4 nitrogen and oxygen atoms in total. The van der Waals surface area contributed by atoms with Crippen molar-refractivity contribution in [3.8, 4) is 0 Å². The molecule has 1 aliphatic rings. The number of benzene rings is 1. The van der Waals surface area contributed by atoms with Crippen LogP contribution in [0.1, 0.15) is 35.0 Å². The summed E-state index contributed by atoms with van der Waals surface area (Å²) in [4.78, 5) is 6.80. The lowest BCUT2D eigenvalue weighted by Crippen LogP contribution is -2.39. The van der Waals surface area contributed by atoms with Gasteiger partial charge in [0.05, 0.1) is 0 Å². The summed E-state index contributed by atoms with van der Waals surface area (Å²) in [5.74, 6) is 3.50. The van der Waals surface area contributed by atoms with Gasteiger partial charge in [0, 0.05) is 38.2 Å². The van der Waals surface area contributed by atoms with Crippen LogP contribution in [-0.2, 0) is 6.54 Å². The fourth-order valence-corrected chi connectivity index (χ4v) is 3.32. The molecule has 1 aromatic carbocycles. The van der Waals surface area contributed by atoms with E-state index in [1.54, 1.807) is 0 Å². The van der Waals surface area contributed by atoms with Crippen molar-refractivity contribution in [2.45, 2.75) is 32.7 Å². The van der Waals surface area contributed by atoms with Gasteiger partial charge < -0.3 is 14.6 Å². The Morgan fingerprint density at radius 3 is 2.67 bits per heavy atom. The zero-order valence-corrected chi connectivity index (χ0v) is 16.9. The van der Waals surface area contributed by atoms with Crippen LogP contribution in [0.4, 0.5) is 0 Å². The molecule has 1 saturated heterocycles. The third-order valence-electron chi connectivity index (χ3n) is 4.55. The van der Waals surface area contributed by atoms with E-state index in [-0.39, 0.29) is 24.0 Å². The Bertz CT molecular complexity index is 681. The minimum atomic E-state index is 0. The summed E-state index contributed by atoms with van der Waals surface area (Å²) in [5.41, 5.74) is 2.62. The average molecular weight is 439 g/mol. The molecule has 0 spiro atoms. The quantitative estimate of drug-likeness (QED) is 0.445. The molecular formula is C19H26IN3O. The largest absolute Gasteiger partial charge is 0.466 e. The lowest BCUT2D eigenvalue weighted by atomic mass is 9.99. The topological polar surface area (TPSA) is 40.8 Å². The molecule has 2 heterocycles. The van der Waals surface area contributed by atoms with Gasteiger partial charge in [-0.05, 0) is 31.9 Å². The molecule has 1 aliphatic heterocycles. The molecule has 130 valence electrons. The molecule has 1 fully saturated rings. The fourth-order valence-electron chi connectivity index (χ4n) is 3.32. The highest BCUT2D eigenvalue weighted by atomic mass is 127. The Labute approximate surface area is 161 Å². The number of likely N-dealkylation sites (tertiary alicyclic amines) is 1. The molecule has 1 unspecified atom stereocenters. The van der Waals surface area contributed by atoms with Crippen molar-refractivity contribution >= 4 is 29.9 Å². The molecule has 24 heavy (non-hydrogen) atoms. The van der Waals surface area contributed by atoms with Gasteiger partial charge in [-0.3, -0.25) is 4.99 Å². The van der Waals surface area contributed by atoms with Gasteiger partial charge in [0.25, 0.3) is 0 Å². The van der Waals surface area contributed by atoms with E-state index in [2.05, 4.69) is 51.6 Å². The van der Waals surface area contributed by atoms with Crippen LogP contribution in [0.2, 0.25) is 0 Å². The predicted octanol–water partition coefficient (Wildman–Crippen LogP) is 4.08. The fraction of sp³-hybridized carbons (Fsp3) is 0.421. The summed E-state index contributed by atoms with van der Waals surface area (Å²) in [6.07, 6.45) is 1.18. The first kappa shape index (κ1) is 18.8. The van der Waals surface area contributed by atoms with E-state index in [4.69, 9.17) is 4.42 Å². The first-order valence-electron chi connectivity index (χ1n) is 8.24. The number of nitrogens with zero attached hydrogens (tertiary/aromatic N) is 2. The molecule has 1 atom stereocenters. The maximum absolute atomic E-state index is 5.59. The Hall–Kier alpha value is -1.50. The van der Waals surface area contributed by atoms with E-state index in [0.717, 1.165) is 37.1 Å². The normalized spacial score (nSPS) is 17.7. The van der Waals surface area contributed by atoms with Crippen LogP contribution in [0.15, 0.2) is 45.8 Å². The molecule has 2 aromatic rings. The third-order valence-corrected chi connectivity index (χ3v) is 4.55. The molecule has 0 bridgehead atoms. The number of hydrogen-bond acceptors (Lipinski definition) is 2. The predicted molar refractivity (Wildman–Crippen MR) is 109 cm³/mol. The van der Waals surface area contributed by atoms with Crippen LogP contribution < -0.4 is 5.32 Å². The van der Waals surface area contributed by atoms with E-state index < -0.39 is 0 Å². The Kier molecular flexibility index (Phi) is 6.71. The average Bonchev–Trinajstić information content (AvgIpc) is 3.16. The van der Waals surface area contributed by atoms with Crippen LogP contribution in [0.5, 0.6) is 0 Å². The number of furan rings is 1. The minimum absolute atomic E-state index is 0. The van der Waals surface area contributed by atoms with Crippen molar-refractivity contribution in [1.29, 1.82) is 0 Å². The number of aliphatic imine (C=N–C) groups is 1. The highest BCUT2D eigenvalue weighted by Crippen LogP contribution is 2.27. The maximum atomic E-state index is 5.59. The zero-order valence-electron chi connectivity index (χ0n) is 14.6. The molecule has 1 aromatic heterocycles. The second-order valence-electron chi connectivity index (χ2n) is 6.18. The van der Waals surface area contributed by atoms with Crippen molar-refractivity contribution in [2.24, 2.45) is 4.99 Å². The zero-order chi connectivity index (χ0) is 16.2. The Balaban J connectivity index is 0.00000208. The molecule has 0 aliphatic carbocycles. The van der Waals surface area contributed by atoms with Gasteiger partial charge in [0.2, 0.25) is 0 Å². The number of hydrogen-bond donors (Lipinski definition) is 1. The summed E-state index contributed by atoms with van der Waals surface area (Å²) in [7, 11) is 1.85. The highest BCUT2D eigenvalue weighted by Gasteiger charge is 2.25. The minimum Gasteiger partial charge on any atom is -0.466 e. The van der Waals surface area contributed by atoms with E-state index in [9.17, 15) is 0 Å². The van der Waals surface area contributed by atoms with Gasteiger partial charge in [-0.1, -0.05) is 30.3 Å². The van der Waals surface area contributed by atoms with Crippen LogP contribution >= 0.6 is 24.0 Å². The molecule has 0 saturated carbocycles. The van der Waals surface area contributed by atoms with E-state index in [1.165, 1.54) is 17.5 Å². The SMILES string of the molecule is CN=C(NCc1cc(C)oc1C)N1CCC(c2ccccc2)C1.I. The summed E-state index contributed by atoms with van der Waals surface area (Å²) in [6.45, 7) is 6.81. The first-order valence-corrected chi connectivity index (χ1v) is 8.24. The van der Waals surface area contributed by atoms with Crippen LogP contribution in [0.3, 0.4) is 0 Å². The van der Waals surface area contributed by atoms with Gasteiger partial charge in [0.15, 0.2) is 5.96 Å². The standard InChI is InChI=1S/C19H25N3O.HI/c1-14-11-18(15(2)23-14)12-21-19(20-3)22-10-9-17(13-22)16-7-5-4-6-8-16;/h4-8,11,17H,9-10,12-13H2,1-3H3,(H,20,21);1H. The number of halogens is 1. The highest BCUT2D eigenvalue weighted by molar-refractivity contribution is 14.0. The molecule has 0 radical (unpaired) electrons. The lowest BCUT2D eigenvalue weighted by molar-refractivity contribution is 0.482. The van der Waals surface area contributed by atoms with E-state index in [0.29, 0.717) is 5.92 Å². The number of rotatable bonds is 3. The van der Waals surface area contributed by atoms with Crippen molar-refractivity contribution in [3.63, 3.8) is 0 Å². The van der Waals surface area contributed by atoms with Crippen LogP contribution in [-0.4, -0.2) is 31.0 Å². The van der Waals surface area contributed by atoms with Gasteiger partial charge in [-0.15, -0.1) is 24.0 Å². The second-order valence-corrected chi connectivity index (χ2v) is 6.18. The summed E-state index contributed by atoms with van der Waals surface area (Å²) in [5, 5.41) is 3.47. The van der Waals surface area contributed by atoms with Crippen molar-refractivity contribution in [2.75, 3.05) is 20.1 Å². The van der Waals surface area contributed by atoms with Crippen LogP contribution in [0.25, 0.3) is 0 Å². The molecule has 3 rings (SSSR count). The Morgan fingerprint density at radius 1 is 1.29 bits per heavy atom. The molecule has 1 N–H and O–H groups in total. The maximum Gasteiger partial charge on any atom is 0.193 e. The van der Waals surface area contributed by atoms with Crippen molar-refractivity contribution in [3.05, 3.63) is 59.0 Å². The summed E-state index contributed by atoms with van der Waals surface area (Å²) < 4.78 is 5.59. The third kappa shape index (κ3) is 4.32. The number of guanidine groups is 1. The Morgan fingerprint density at radius 2 is 2.04 bits per heavy atom. The number of nitrogens with one attached hydrogen (secondary N) is 1. The van der Waals surface area contributed by atoms with Crippen molar-refractivity contribution in [1.82, 2.24) is 10.2 Å². The van der Waals surface area contributed by atoms with Gasteiger partial charge >= 0.3 is 0 Å². The van der Waals surface area contributed by atoms with Crippen molar-refractivity contribution < 1.29 is 4.42 Å². The second kappa shape index (κ2) is 8.55. The number of aryl methyl sites for hydroxylation is 2. The van der Waals surface area contributed by atoms with Gasteiger partial charge in [-0.25, -0.2) is 0 Å². The van der Waals surface area contributed by atoms with Gasteiger partial charge in [0.1, 0.15) is 11.5 Å². The molecule has 5 heteroatoms. The monoisotopic (exact) mass is 439 g/mol. The summed E-state index contributed by atoms with van der Waals surface area (Å²) >= 11 is 0. The molecular weight excluding hydrogens is 413 g/mol. The summed E-state index contributed by atoms with van der Waals surface area (Å²) in [6, 6.07) is 12.9. The van der Waals surface area contributed by atoms with E-state index >= 15 is 0 Å². The lowest BCUT2D eigenvalue weighted by Gasteiger charge is -2.21. The van der Waals surface area contributed by atoms with E-state index in [1.807, 2.05) is 20.9 Å². The van der Waals surface area contributed by atoms with Crippen LogP contribution in [0, 0.1) is 13.8 Å². The smallest absolute Gasteiger partial charge is 0.193 e. The molecule has 0 amide bonds. The van der Waals surface area contributed by atoms with Gasteiger partial charge in [-0.2, -0.15) is 0 Å². The first-order chi connectivity index (χ1) is 11.2.